The van der Waals surface area contributed by atoms with Gasteiger partial charge in [-0.1, -0.05) is 6.07 Å². The van der Waals surface area contributed by atoms with E-state index in [-0.39, 0.29) is 11.1 Å². The second-order valence-electron chi connectivity index (χ2n) is 3.49. The van der Waals surface area contributed by atoms with Gasteiger partial charge in [-0.05, 0) is 12.1 Å². The van der Waals surface area contributed by atoms with Crippen LogP contribution in [0.25, 0.3) is 11.1 Å². The number of carbonyl (C=O) groups is 1. The summed E-state index contributed by atoms with van der Waals surface area (Å²) in [4.78, 5) is 14.1. The second kappa shape index (κ2) is 4.48. The summed E-state index contributed by atoms with van der Waals surface area (Å²) in [6.07, 6.45) is 2.07. The van der Waals surface area contributed by atoms with Crippen LogP contribution in [0.1, 0.15) is 10.4 Å². The lowest BCUT2D eigenvalue weighted by Gasteiger charge is -2.06. The van der Waals surface area contributed by atoms with Gasteiger partial charge in [-0.2, -0.15) is 0 Å². The third kappa shape index (κ3) is 2.04. The zero-order valence-electron chi connectivity index (χ0n) is 8.82. The third-order valence-corrected chi connectivity index (χ3v) is 2.33. The smallest absolute Gasteiger partial charge is 0.338 e. The summed E-state index contributed by atoms with van der Waals surface area (Å²) in [5.74, 6) is -5.10. The van der Waals surface area contributed by atoms with Crippen LogP contribution >= 0.6 is 0 Å². The largest absolute Gasteiger partial charge is 0.478 e. The molecule has 1 N–H and O–H groups in total. The summed E-state index contributed by atoms with van der Waals surface area (Å²) in [5.41, 5.74) is -0.992. The van der Waals surface area contributed by atoms with E-state index < -0.39 is 29.0 Å². The van der Waals surface area contributed by atoms with Gasteiger partial charge >= 0.3 is 5.97 Å². The van der Waals surface area contributed by atoms with E-state index in [4.69, 9.17) is 5.11 Å². The van der Waals surface area contributed by atoms with E-state index in [2.05, 4.69) is 4.98 Å². The van der Waals surface area contributed by atoms with Crippen LogP contribution in [-0.4, -0.2) is 16.1 Å². The highest BCUT2D eigenvalue weighted by atomic mass is 19.2. The zero-order chi connectivity index (χ0) is 13.3. The molecule has 0 saturated carbocycles. The van der Waals surface area contributed by atoms with Gasteiger partial charge in [0.05, 0.1) is 11.8 Å². The van der Waals surface area contributed by atoms with Gasteiger partial charge in [0.15, 0.2) is 11.6 Å². The maximum atomic E-state index is 13.7. The average Bonchev–Trinajstić information content (AvgIpc) is 2.32. The molecule has 0 aliphatic rings. The van der Waals surface area contributed by atoms with Crippen LogP contribution in [-0.2, 0) is 0 Å². The summed E-state index contributed by atoms with van der Waals surface area (Å²) in [6, 6.07) is 2.96. The molecule has 0 radical (unpaired) electrons. The zero-order valence-corrected chi connectivity index (χ0v) is 8.82. The van der Waals surface area contributed by atoms with Crippen LogP contribution < -0.4 is 0 Å². The molecule has 0 saturated heterocycles. The number of benzene rings is 1. The molecule has 0 aliphatic carbocycles. The Morgan fingerprint density at radius 3 is 2.44 bits per heavy atom. The molecule has 92 valence electrons. The number of rotatable bonds is 2. The van der Waals surface area contributed by atoms with Crippen molar-refractivity contribution in [2.45, 2.75) is 0 Å². The Labute approximate surface area is 99.5 Å². The van der Waals surface area contributed by atoms with Crippen molar-refractivity contribution in [3.05, 3.63) is 53.6 Å². The molecule has 2 rings (SSSR count). The molecule has 1 aromatic heterocycles. The molecule has 18 heavy (non-hydrogen) atoms. The fourth-order valence-corrected chi connectivity index (χ4v) is 1.50. The molecular formula is C12H6F3NO2. The molecule has 0 fully saturated rings. The fourth-order valence-electron chi connectivity index (χ4n) is 1.50. The second-order valence-corrected chi connectivity index (χ2v) is 3.49. The van der Waals surface area contributed by atoms with Crippen LogP contribution in [0.4, 0.5) is 13.2 Å². The first-order chi connectivity index (χ1) is 8.50. The van der Waals surface area contributed by atoms with E-state index in [1.807, 2.05) is 0 Å². The summed E-state index contributed by atoms with van der Waals surface area (Å²) in [6.45, 7) is 0. The standard InChI is InChI=1S/C12H6F3NO2/c13-7-3-6(4-16-5-7)8-1-2-9(12(17)18)11(15)10(8)14/h1-5H,(H,17,18). The fraction of sp³-hybridized carbons (Fsp3) is 0. The topological polar surface area (TPSA) is 50.2 Å². The number of carboxylic acids is 1. The lowest BCUT2D eigenvalue weighted by atomic mass is 10.0. The van der Waals surface area contributed by atoms with Crippen LogP contribution in [0, 0.1) is 17.5 Å². The van der Waals surface area contributed by atoms with E-state index in [1.165, 1.54) is 0 Å². The van der Waals surface area contributed by atoms with Crippen molar-refractivity contribution in [2.24, 2.45) is 0 Å². The lowest BCUT2D eigenvalue weighted by Crippen LogP contribution is -2.04. The van der Waals surface area contributed by atoms with Crippen molar-refractivity contribution in [1.29, 1.82) is 0 Å². The minimum absolute atomic E-state index is 0.0309. The third-order valence-electron chi connectivity index (χ3n) is 2.33. The molecule has 0 amide bonds. The molecule has 1 aromatic carbocycles. The number of carboxylic acid groups (broad SMARTS) is 1. The normalized spacial score (nSPS) is 10.4. The predicted molar refractivity (Wildman–Crippen MR) is 56.5 cm³/mol. The molecule has 6 heteroatoms. The van der Waals surface area contributed by atoms with Crippen molar-refractivity contribution in [2.75, 3.05) is 0 Å². The van der Waals surface area contributed by atoms with Crippen LogP contribution in [0.15, 0.2) is 30.6 Å². The SMILES string of the molecule is O=C(O)c1ccc(-c2cncc(F)c2)c(F)c1F. The molecular weight excluding hydrogens is 247 g/mol. The molecule has 1 heterocycles. The lowest BCUT2D eigenvalue weighted by molar-refractivity contribution is 0.0690. The highest BCUT2D eigenvalue weighted by molar-refractivity contribution is 5.88. The van der Waals surface area contributed by atoms with Crippen LogP contribution in [0.3, 0.4) is 0 Å². The summed E-state index contributed by atoms with van der Waals surface area (Å²) in [7, 11) is 0. The number of hydrogen-bond acceptors (Lipinski definition) is 2. The number of aromatic carboxylic acids is 1. The minimum Gasteiger partial charge on any atom is -0.478 e. The highest BCUT2D eigenvalue weighted by Crippen LogP contribution is 2.26. The van der Waals surface area contributed by atoms with Crippen molar-refractivity contribution in [3.8, 4) is 11.1 Å². The first kappa shape index (κ1) is 12.1. The number of pyridine rings is 1. The molecule has 2 aromatic rings. The van der Waals surface area contributed by atoms with Crippen LogP contribution in [0.5, 0.6) is 0 Å². The molecule has 0 unspecified atom stereocenters. The van der Waals surface area contributed by atoms with E-state index in [9.17, 15) is 18.0 Å². The Morgan fingerprint density at radius 2 is 1.83 bits per heavy atom. The molecule has 0 bridgehead atoms. The van der Waals surface area contributed by atoms with Crippen molar-refractivity contribution in [3.63, 3.8) is 0 Å². The highest BCUT2D eigenvalue weighted by Gasteiger charge is 2.18. The Morgan fingerprint density at radius 1 is 1.11 bits per heavy atom. The van der Waals surface area contributed by atoms with E-state index in [0.717, 1.165) is 30.6 Å². The first-order valence-corrected chi connectivity index (χ1v) is 4.83. The van der Waals surface area contributed by atoms with E-state index >= 15 is 0 Å². The number of aromatic nitrogens is 1. The van der Waals surface area contributed by atoms with Gasteiger partial charge in [0, 0.05) is 17.3 Å². The number of hydrogen-bond donors (Lipinski definition) is 1. The Balaban J connectivity index is 2.61. The summed E-state index contributed by atoms with van der Waals surface area (Å²) >= 11 is 0. The molecule has 0 spiro atoms. The van der Waals surface area contributed by atoms with Crippen molar-refractivity contribution < 1.29 is 23.1 Å². The number of halogens is 3. The molecule has 0 aliphatic heterocycles. The van der Waals surface area contributed by atoms with Crippen LogP contribution in [0.2, 0.25) is 0 Å². The van der Waals surface area contributed by atoms with Gasteiger partial charge in [0.2, 0.25) is 0 Å². The Bertz CT molecular complexity index is 629. The van der Waals surface area contributed by atoms with Gasteiger partial charge in [0.25, 0.3) is 0 Å². The Kier molecular flexibility index (Phi) is 3.01. The van der Waals surface area contributed by atoms with Gasteiger partial charge in [-0.25, -0.2) is 18.0 Å². The maximum absolute atomic E-state index is 13.7. The summed E-state index contributed by atoms with van der Waals surface area (Å²) < 4.78 is 40.0. The van der Waals surface area contributed by atoms with Gasteiger partial charge in [0.1, 0.15) is 5.82 Å². The Hall–Kier alpha value is -2.37. The van der Waals surface area contributed by atoms with E-state index in [1.54, 1.807) is 0 Å². The van der Waals surface area contributed by atoms with Crippen molar-refractivity contribution in [1.82, 2.24) is 4.98 Å². The van der Waals surface area contributed by atoms with Gasteiger partial charge in [-0.3, -0.25) is 4.98 Å². The quantitative estimate of drug-likeness (QED) is 0.895. The predicted octanol–water partition coefficient (Wildman–Crippen LogP) is 2.86. The van der Waals surface area contributed by atoms with Gasteiger partial charge in [-0.15, -0.1) is 0 Å². The monoisotopic (exact) mass is 253 g/mol. The minimum atomic E-state index is -1.57. The van der Waals surface area contributed by atoms with Crippen molar-refractivity contribution >= 4 is 5.97 Å². The maximum Gasteiger partial charge on any atom is 0.338 e. The number of nitrogens with zero attached hydrogens (tertiary/aromatic N) is 1. The molecule has 0 atom stereocenters. The first-order valence-electron chi connectivity index (χ1n) is 4.83. The average molecular weight is 253 g/mol. The van der Waals surface area contributed by atoms with Gasteiger partial charge < -0.3 is 5.11 Å². The summed E-state index contributed by atoms with van der Waals surface area (Å²) in [5, 5.41) is 8.62. The molecule has 3 nitrogen and oxygen atoms in total. The van der Waals surface area contributed by atoms with E-state index in [0.29, 0.717) is 0 Å².